The van der Waals surface area contributed by atoms with E-state index in [0.717, 1.165) is 12.8 Å². The minimum absolute atomic E-state index is 0.0163. The minimum Gasteiger partial charge on any atom is -0.481 e. The molecular formula is C20H21NO3. The van der Waals surface area contributed by atoms with Gasteiger partial charge in [0.1, 0.15) is 0 Å². The molecule has 1 N–H and O–H groups in total. The van der Waals surface area contributed by atoms with Gasteiger partial charge in [-0.15, -0.1) is 0 Å². The number of rotatable bonds is 3. The molecule has 2 aliphatic carbocycles. The maximum Gasteiger partial charge on any atom is 0.307 e. The Labute approximate surface area is 141 Å². The highest BCUT2D eigenvalue weighted by Gasteiger charge is 2.52. The Hall–Kier alpha value is -2.36. The number of allylic oxidation sites excluding steroid dienone is 2. The van der Waals surface area contributed by atoms with Crippen LogP contribution in [0.15, 0.2) is 48.6 Å². The summed E-state index contributed by atoms with van der Waals surface area (Å²) in [6.45, 7) is 1.25. The van der Waals surface area contributed by atoms with Crippen LogP contribution in [0.5, 0.6) is 0 Å². The van der Waals surface area contributed by atoms with Gasteiger partial charge in [0.05, 0.1) is 11.8 Å². The number of nitrogens with zero attached hydrogens (tertiary/aromatic N) is 1. The summed E-state index contributed by atoms with van der Waals surface area (Å²) in [7, 11) is 0. The monoisotopic (exact) mass is 323 g/mol. The third-order valence-electron chi connectivity index (χ3n) is 5.69. The number of amides is 1. The number of fused-ring (bicyclic) bond motifs is 2. The standard InChI is InChI=1S/C20H21NO3/c22-19(17-15-6-7-16(12-15)18(17)20(23)24)21-10-8-14(9-11-21)13-4-2-1-3-5-13/h1-8,15-18H,9-12H2,(H,23,24)/t15-,16-,17-,18+/m0/s1. The van der Waals surface area contributed by atoms with Crippen LogP contribution in [0.4, 0.5) is 0 Å². The van der Waals surface area contributed by atoms with Crippen LogP contribution < -0.4 is 0 Å². The molecule has 24 heavy (non-hydrogen) atoms. The molecule has 1 heterocycles. The molecule has 0 spiro atoms. The molecule has 1 amide bonds. The van der Waals surface area contributed by atoms with Crippen LogP contribution in [-0.2, 0) is 9.59 Å². The minimum atomic E-state index is -0.831. The lowest BCUT2D eigenvalue weighted by Crippen LogP contribution is -2.44. The lowest BCUT2D eigenvalue weighted by atomic mass is 9.82. The molecule has 2 bridgehead atoms. The number of carbonyl (C=O) groups excluding carboxylic acids is 1. The van der Waals surface area contributed by atoms with Gasteiger partial charge in [-0.2, -0.15) is 0 Å². The van der Waals surface area contributed by atoms with Crippen molar-refractivity contribution in [3.63, 3.8) is 0 Å². The van der Waals surface area contributed by atoms with Crippen LogP contribution in [0.3, 0.4) is 0 Å². The first-order chi connectivity index (χ1) is 11.6. The molecule has 4 nitrogen and oxygen atoms in total. The highest BCUT2D eigenvalue weighted by molar-refractivity contribution is 5.87. The molecule has 0 saturated heterocycles. The first kappa shape index (κ1) is 15.2. The Kier molecular flexibility index (Phi) is 3.75. The molecule has 1 saturated carbocycles. The Bertz CT molecular complexity index is 722. The van der Waals surface area contributed by atoms with Gasteiger partial charge >= 0.3 is 5.97 Å². The fourth-order valence-electron chi connectivity index (χ4n) is 4.49. The summed E-state index contributed by atoms with van der Waals surface area (Å²) >= 11 is 0. The Balaban J connectivity index is 1.50. The van der Waals surface area contributed by atoms with Gasteiger partial charge in [0.15, 0.2) is 0 Å². The maximum atomic E-state index is 12.9. The van der Waals surface area contributed by atoms with Gasteiger partial charge < -0.3 is 10.0 Å². The van der Waals surface area contributed by atoms with Gasteiger partial charge in [0, 0.05) is 13.1 Å². The number of benzene rings is 1. The first-order valence-electron chi connectivity index (χ1n) is 8.59. The van der Waals surface area contributed by atoms with E-state index in [0.29, 0.717) is 13.1 Å². The molecule has 4 atom stereocenters. The van der Waals surface area contributed by atoms with Crippen molar-refractivity contribution in [2.45, 2.75) is 12.8 Å². The van der Waals surface area contributed by atoms with E-state index in [1.807, 2.05) is 35.3 Å². The Morgan fingerprint density at radius 2 is 1.75 bits per heavy atom. The van der Waals surface area contributed by atoms with Gasteiger partial charge in [-0.3, -0.25) is 9.59 Å². The molecule has 1 fully saturated rings. The van der Waals surface area contributed by atoms with E-state index in [1.165, 1.54) is 11.1 Å². The summed E-state index contributed by atoms with van der Waals surface area (Å²) < 4.78 is 0. The lowest BCUT2D eigenvalue weighted by molar-refractivity contribution is -0.150. The predicted molar refractivity (Wildman–Crippen MR) is 91.0 cm³/mol. The van der Waals surface area contributed by atoms with Crippen LogP contribution in [0, 0.1) is 23.7 Å². The molecule has 0 unspecified atom stereocenters. The highest BCUT2D eigenvalue weighted by Crippen LogP contribution is 2.49. The molecule has 4 rings (SSSR count). The van der Waals surface area contributed by atoms with E-state index in [4.69, 9.17) is 0 Å². The van der Waals surface area contributed by atoms with Gasteiger partial charge in [0.2, 0.25) is 5.91 Å². The molecule has 0 radical (unpaired) electrons. The number of hydrogen-bond acceptors (Lipinski definition) is 2. The number of carbonyl (C=O) groups is 2. The van der Waals surface area contributed by atoms with Crippen molar-refractivity contribution in [1.29, 1.82) is 0 Å². The average Bonchev–Trinajstić information content (AvgIpc) is 3.23. The number of carboxylic acid groups (broad SMARTS) is 1. The fourth-order valence-corrected chi connectivity index (χ4v) is 4.49. The second kappa shape index (κ2) is 5.93. The van der Waals surface area contributed by atoms with Crippen LogP contribution >= 0.6 is 0 Å². The average molecular weight is 323 g/mol. The van der Waals surface area contributed by atoms with Gasteiger partial charge in [-0.05, 0) is 35.8 Å². The van der Waals surface area contributed by atoms with Crippen molar-refractivity contribution in [3.8, 4) is 0 Å². The summed E-state index contributed by atoms with van der Waals surface area (Å²) in [5.41, 5.74) is 2.47. The van der Waals surface area contributed by atoms with Gasteiger partial charge in [0.25, 0.3) is 0 Å². The Morgan fingerprint density at radius 1 is 1.04 bits per heavy atom. The van der Waals surface area contributed by atoms with Crippen LogP contribution in [0.2, 0.25) is 0 Å². The van der Waals surface area contributed by atoms with E-state index >= 15 is 0 Å². The number of hydrogen-bond donors (Lipinski definition) is 1. The maximum absolute atomic E-state index is 12.9. The van der Waals surface area contributed by atoms with Crippen LogP contribution in [0.1, 0.15) is 18.4 Å². The van der Waals surface area contributed by atoms with Crippen molar-refractivity contribution < 1.29 is 14.7 Å². The molecule has 4 heteroatoms. The molecule has 0 aromatic heterocycles. The van der Waals surface area contributed by atoms with Gasteiger partial charge in [-0.1, -0.05) is 48.6 Å². The molecule has 3 aliphatic rings. The zero-order valence-electron chi connectivity index (χ0n) is 13.5. The summed E-state index contributed by atoms with van der Waals surface area (Å²) in [5.74, 6) is -1.62. The van der Waals surface area contributed by atoms with E-state index in [1.54, 1.807) is 0 Å². The van der Waals surface area contributed by atoms with Crippen molar-refractivity contribution in [1.82, 2.24) is 4.90 Å². The molecule has 124 valence electrons. The van der Waals surface area contributed by atoms with E-state index in [2.05, 4.69) is 18.2 Å². The Morgan fingerprint density at radius 3 is 2.38 bits per heavy atom. The van der Waals surface area contributed by atoms with Crippen molar-refractivity contribution in [3.05, 3.63) is 54.1 Å². The smallest absolute Gasteiger partial charge is 0.307 e. The molecule has 1 aromatic carbocycles. The molecule has 1 aromatic rings. The number of carboxylic acids is 1. The quantitative estimate of drug-likeness (QED) is 0.870. The van der Waals surface area contributed by atoms with E-state index in [9.17, 15) is 14.7 Å². The van der Waals surface area contributed by atoms with E-state index < -0.39 is 11.9 Å². The predicted octanol–water partition coefficient (Wildman–Crippen LogP) is 2.83. The SMILES string of the molecule is O=C(O)[C@H]1[C@@H](C(=O)N2CC=C(c3ccccc3)CC2)[C@H]2C=C[C@H]1C2. The zero-order valence-corrected chi connectivity index (χ0v) is 13.5. The molecular weight excluding hydrogens is 302 g/mol. The highest BCUT2D eigenvalue weighted by atomic mass is 16.4. The van der Waals surface area contributed by atoms with Gasteiger partial charge in [-0.25, -0.2) is 0 Å². The summed E-state index contributed by atoms with van der Waals surface area (Å²) in [6, 6.07) is 10.2. The summed E-state index contributed by atoms with van der Waals surface area (Å²) in [5, 5.41) is 9.53. The lowest BCUT2D eigenvalue weighted by Gasteiger charge is -2.33. The zero-order chi connectivity index (χ0) is 16.7. The fraction of sp³-hybridized carbons (Fsp3) is 0.400. The summed E-state index contributed by atoms with van der Waals surface area (Å²) in [4.78, 5) is 26.4. The molecule has 1 aliphatic heterocycles. The van der Waals surface area contributed by atoms with Crippen molar-refractivity contribution in [2.75, 3.05) is 13.1 Å². The van der Waals surface area contributed by atoms with Crippen LogP contribution in [0.25, 0.3) is 5.57 Å². The first-order valence-corrected chi connectivity index (χ1v) is 8.59. The third-order valence-corrected chi connectivity index (χ3v) is 5.69. The second-order valence-electron chi connectivity index (χ2n) is 6.97. The summed E-state index contributed by atoms with van der Waals surface area (Å²) in [6.07, 6.45) is 7.77. The largest absolute Gasteiger partial charge is 0.481 e. The second-order valence-corrected chi connectivity index (χ2v) is 6.97. The van der Waals surface area contributed by atoms with Crippen molar-refractivity contribution >= 4 is 17.4 Å². The number of aliphatic carboxylic acids is 1. The normalized spacial score (nSPS) is 31.2. The van der Waals surface area contributed by atoms with Crippen LogP contribution in [-0.4, -0.2) is 35.0 Å². The van der Waals surface area contributed by atoms with E-state index in [-0.39, 0.29) is 23.7 Å². The third kappa shape index (κ3) is 2.46. The van der Waals surface area contributed by atoms with Crippen molar-refractivity contribution in [2.24, 2.45) is 23.7 Å². The topological polar surface area (TPSA) is 57.6 Å².